The lowest BCUT2D eigenvalue weighted by Crippen LogP contribution is -2.37. The lowest BCUT2D eigenvalue weighted by Gasteiger charge is -2.31. The standard InChI is InChI=1S/C27H24ClN3O3/c1-33-24-14-13-21(16-25(24)34-2)29-27(32)31-17-19-6-3-4-7-22(19)30-15-5-8-23(30)26(31)18-9-11-20(28)12-10-18/h3-16,26H,17H2,1-2H3,(H,29,32)/t26-/m0/s1. The van der Waals surface area contributed by atoms with E-state index in [1.165, 1.54) is 0 Å². The van der Waals surface area contributed by atoms with Crippen LogP contribution in [0.25, 0.3) is 5.69 Å². The number of nitrogens with zero attached hydrogens (tertiary/aromatic N) is 2. The van der Waals surface area contributed by atoms with E-state index in [2.05, 4.69) is 28.1 Å². The molecule has 0 fully saturated rings. The van der Waals surface area contributed by atoms with Gasteiger partial charge in [-0.15, -0.1) is 0 Å². The van der Waals surface area contributed by atoms with Crippen LogP contribution in [-0.2, 0) is 6.54 Å². The Morgan fingerprint density at radius 3 is 2.47 bits per heavy atom. The Hall–Kier alpha value is -3.90. The van der Waals surface area contributed by atoms with Gasteiger partial charge >= 0.3 is 6.03 Å². The predicted octanol–water partition coefficient (Wildman–Crippen LogP) is 6.29. The fraction of sp³-hybridized carbons (Fsp3) is 0.148. The highest BCUT2D eigenvalue weighted by Crippen LogP contribution is 2.37. The van der Waals surface area contributed by atoms with Gasteiger partial charge in [-0.1, -0.05) is 41.9 Å². The van der Waals surface area contributed by atoms with E-state index in [0.717, 1.165) is 22.5 Å². The average molecular weight is 474 g/mol. The molecule has 0 aliphatic carbocycles. The molecule has 0 unspecified atom stereocenters. The second-order valence-electron chi connectivity index (χ2n) is 8.01. The van der Waals surface area contributed by atoms with Crippen LogP contribution in [0.1, 0.15) is 22.9 Å². The van der Waals surface area contributed by atoms with Gasteiger partial charge in [-0.2, -0.15) is 0 Å². The molecule has 3 aromatic carbocycles. The second-order valence-corrected chi connectivity index (χ2v) is 8.45. The van der Waals surface area contributed by atoms with Crippen LogP contribution in [-0.4, -0.2) is 29.7 Å². The number of hydrogen-bond acceptors (Lipinski definition) is 3. The average Bonchev–Trinajstić information content (AvgIpc) is 3.29. The molecule has 0 saturated carbocycles. The van der Waals surface area contributed by atoms with Gasteiger partial charge in [0.25, 0.3) is 0 Å². The van der Waals surface area contributed by atoms with Crippen molar-refractivity contribution in [3.63, 3.8) is 0 Å². The van der Waals surface area contributed by atoms with Gasteiger partial charge in [-0.05, 0) is 53.6 Å². The summed E-state index contributed by atoms with van der Waals surface area (Å²) in [5.74, 6) is 1.14. The van der Waals surface area contributed by atoms with Crippen LogP contribution in [0, 0.1) is 0 Å². The number of rotatable bonds is 4. The highest BCUT2D eigenvalue weighted by Gasteiger charge is 2.33. The third kappa shape index (κ3) is 3.97. The summed E-state index contributed by atoms with van der Waals surface area (Å²) in [6.07, 6.45) is 2.03. The van der Waals surface area contributed by atoms with E-state index in [0.29, 0.717) is 28.8 Å². The molecule has 2 heterocycles. The van der Waals surface area contributed by atoms with Crippen LogP contribution in [0.3, 0.4) is 0 Å². The second kappa shape index (κ2) is 9.15. The molecule has 5 rings (SSSR count). The van der Waals surface area contributed by atoms with Gasteiger partial charge in [-0.3, -0.25) is 0 Å². The fourth-order valence-corrected chi connectivity index (χ4v) is 4.57. The molecule has 0 radical (unpaired) electrons. The molecular weight excluding hydrogens is 450 g/mol. The van der Waals surface area contributed by atoms with Crippen molar-refractivity contribution in [3.8, 4) is 17.2 Å². The Balaban J connectivity index is 1.58. The summed E-state index contributed by atoms with van der Waals surface area (Å²) in [4.78, 5) is 15.6. The van der Waals surface area contributed by atoms with Crippen molar-refractivity contribution in [2.24, 2.45) is 0 Å². The van der Waals surface area contributed by atoms with Crippen molar-refractivity contribution in [1.29, 1.82) is 0 Å². The Bertz CT molecular complexity index is 1330. The van der Waals surface area contributed by atoms with Crippen molar-refractivity contribution in [2.45, 2.75) is 12.6 Å². The maximum atomic E-state index is 13.8. The van der Waals surface area contributed by atoms with E-state index < -0.39 is 0 Å². The summed E-state index contributed by atoms with van der Waals surface area (Å²) in [7, 11) is 3.15. The first kappa shape index (κ1) is 21.9. The van der Waals surface area contributed by atoms with Gasteiger partial charge in [-0.25, -0.2) is 4.79 Å². The van der Waals surface area contributed by atoms with Crippen molar-refractivity contribution >= 4 is 23.3 Å². The van der Waals surface area contributed by atoms with E-state index in [4.69, 9.17) is 21.1 Å². The van der Waals surface area contributed by atoms with E-state index in [1.54, 1.807) is 32.4 Å². The van der Waals surface area contributed by atoms with Gasteiger partial charge in [0.1, 0.15) is 0 Å². The maximum Gasteiger partial charge on any atom is 0.322 e. The highest BCUT2D eigenvalue weighted by molar-refractivity contribution is 6.30. The molecule has 2 amide bonds. The van der Waals surface area contributed by atoms with E-state index >= 15 is 0 Å². The number of carbonyl (C=O) groups excluding carboxylic acids is 1. The lowest BCUT2D eigenvalue weighted by atomic mass is 10.0. The van der Waals surface area contributed by atoms with Crippen LogP contribution in [0.2, 0.25) is 5.02 Å². The minimum atomic E-state index is -0.320. The largest absolute Gasteiger partial charge is 0.493 e. The summed E-state index contributed by atoms with van der Waals surface area (Å²) in [6.45, 7) is 0.435. The third-order valence-corrected chi connectivity index (χ3v) is 6.30. The van der Waals surface area contributed by atoms with Gasteiger partial charge in [0.05, 0.1) is 32.5 Å². The number of aromatic nitrogens is 1. The van der Waals surface area contributed by atoms with Crippen molar-refractivity contribution in [1.82, 2.24) is 9.47 Å². The van der Waals surface area contributed by atoms with Crippen LogP contribution in [0.15, 0.2) is 85.1 Å². The number of methoxy groups -OCH3 is 2. The van der Waals surface area contributed by atoms with Crippen molar-refractivity contribution in [3.05, 3.63) is 107 Å². The topological polar surface area (TPSA) is 55.7 Å². The summed E-state index contributed by atoms with van der Waals surface area (Å²) >= 11 is 6.17. The minimum Gasteiger partial charge on any atom is -0.493 e. The molecule has 7 heteroatoms. The lowest BCUT2D eigenvalue weighted by molar-refractivity contribution is 0.194. The molecule has 1 N–H and O–H groups in total. The number of nitrogens with one attached hydrogen (secondary N) is 1. The Morgan fingerprint density at radius 2 is 1.71 bits per heavy atom. The summed E-state index contributed by atoms with van der Waals surface area (Å²) in [5, 5.41) is 3.70. The SMILES string of the molecule is COc1ccc(NC(=O)N2Cc3ccccc3-n3cccc3[C@@H]2c2ccc(Cl)cc2)cc1OC. The fourth-order valence-electron chi connectivity index (χ4n) is 4.44. The molecule has 1 aliphatic heterocycles. The Morgan fingerprint density at radius 1 is 0.941 bits per heavy atom. The number of carbonyl (C=O) groups is 1. The Kier molecular flexibility index (Phi) is 5.90. The quantitative estimate of drug-likeness (QED) is 0.379. The normalized spacial score (nSPS) is 14.6. The molecule has 34 heavy (non-hydrogen) atoms. The zero-order chi connectivity index (χ0) is 23.7. The van der Waals surface area contributed by atoms with Crippen LogP contribution < -0.4 is 14.8 Å². The number of anilines is 1. The summed E-state index contributed by atoms with van der Waals surface area (Å²) in [5.41, 5.74) is 4.70. The molecule has 0 spiro atoms. The minimum absolute atomic E-state index is 0.225. The third-order valence-electron chi connectivity index (χ3n) is 6.05. The predicted molar refractivity (Wildman–Crippen MR) is 133 cm³/mol. The smallest absolute Gasteiger partial charge is 0.322 e. The monoisotopic (exact) mass is 473 g/mol. The van der Waals surface area contributed by atoms with Crippen molar-refractivity contribution in [2.75, 3.05) is 19.5 Å². The number of fused-ring (bicyclic) bond motifs is 3. The molecule has 4 aromatic rings. The number of urea groups is 1. The zero-order valence-corrected chi connectivity index (χ0v) is 19.6. The number of benzene rings is 3. The van der Waals surface area contributed by atoms with Crippen LogP contribution >= 0.6 is 11.6 Å². The first-order valence-electron chi connectivity index (χ1n) is 10.9. The summed E-state index contributed by atoms with van der Waals surface area (Å²) < 4.78 is 12.9. The maximum absolute atomic E-state index is 13.8. The Labute approximate surface area is 203 Å². The molecule has 1 atom stereocenters. The van der Waals surface area contributed by atoms with Gasteiger partial charge in [0.15, 0.2) is 11.5 Å². The van der Waals surface area contributed by atoms with Crippen LogP contribution in [0.5, 0.6) is 11.5 Å². The van der Waals surface area contributed by atoms with Crippen LogP contribution in [0.4, 0.5) is 10.5 Å². The molecule has 0 saturated heterocycles. The van der Waals surface area contributed by atoms with Gasteiger partial charge in [0, 0.05) is 28.7 Å². The highest BCUT2D eigenvalue weighted by atomic mass is 35.5. The number of halogens is 1. The first-order valence-corrected chi connectivity index (χ1v) is 11.3. The number of amides is 2. The van der Waals surface area contributed by atoms with E-state index in [-0.39, 0.29) is 12.1 Å². The molecule has 6 nitrogen and oxygen atoms in total. The van der Waals surface area contributed by atoms with Crippen molar-refractivity contribution < 1.29 is 14.3 Å². The molecule has 172 valence electrons. The number of para-hydroxylation sites is 1. The van der Waals surface area contributed by atoms with E-state index in [1.807, 2.05) is 53.6 Å². The molecule has 1 aromatic heterocycles. The first-order chi connectivity index (χ1) is 16.6. The number of ether oxygens (including phenoxy) is 2. The zero-order valence-electron chi connectivity index (χ0n) is 18.9. The number of hydrogen-bond donors (Lipinski definition) is 1. The molecular formula is C27H24ClN3O3. The molecule has 1 aliphatic rings. The summed E-state index contributed by atoms with van der Waals surface area (Å²) in [6, 6.07) is 24.6. The van der Waals surface area contributed by atoms with Gasteiger partial charge in [0.2, 0.25) is 0 Å². The van der Waals surface area contributed by atoms with E-state index in [9.17, 15) is 4.79 Å². The molecule has 0 bridgehead atoms. The van der Waals surface area contributed by atoms with Gasteiger partial charge < -0.3 is 24.3 Å².